The molecule has 0 unspecified atom stereocenters. The SMILES string of the molecule is CC[C@@H](C)n1ccc(NCc2cccs2)n1. The minimum Gasteiger partial charge on any atom is -0.364 e. The number of anilines is 1. The van der Waals surface area contributed by atoms with E-state index in [0.29, 0.717) is 6.04 Å². The number of hydrogen-bond acceptors (Lipinski definition) is 3. The minimum absolute atomic E-state index is 0.470. The van der Waals surface area contributed by atoms with Crippen LogP contribution in [0.25, 0.3) is 0 Å². The maximum Gasteiger partial charge on any atom is 0.148 e. The molecule has 0 amide bonds. The fourth-order valence-corrected chi connectivity index (χ4v) is 2.10. The molecule has 3 nitrogen and oxygen atoms in total. The van der Waals surface area contributed by atoms with E-state index < -0.39 is 0 Å². The van der Waals surface area contributed by atoms with Gasteiger partial charge in [-0.15, -0.1) is 11.3 Å². The third kappa shape index (κ3) is 2.64. The van der Waals surface area contributed by atoms with Crippen LogP contribution in [0.2, 0.25) is 0 Å². The first-order chi connectivity index (χ1) is 7.79. The van der Waals surface area contributed by atoms with Crippen LogP contribution in [0.5, 0.6) is 0 Å². The molecule has 0 radical (unpaired) electrons. The topological polar surface area (TPSA) is 29.9 Å². The van der Waals surface area contributed by atoms with Crippen molar-refractivity contribution in [2.45, 2.75) is 32.9 Å². The maximum atomic E-state index is 4.49. The van der Waals surface area contributed by atoms with Crippen LogP contribution in [-0.2, 0) is 6.54 Å². The molecule has 86 valence electrons. The first kappa shape index (κ1) is 11.2. The highest BCUT2D eigenvalue weighted by Crippen LogP contribution is 2.14. The minimum atomic E-state index is 0.470. The first-order valence-electron chi connectivity index (χ1n) is 5.61. The summed E-state index contributed by atoms with van der Waals surface area (Å²) in [5.41, 5.74) is 0. The molecule has 2 heterocycles. The summed E-state index contributed by atoms with van der Waals surface area (Å²) < 4.78 is 2.01. The van der Waals surface area contributed by atoms with Gasteiger partial charge in [-0.3, -0.25) is 4.68 Å². The summed E-state index contributed by atoms with van der Waals surface area (Å²) in [4.78, 5) is 1.33. The van der Waals surface area contributed by atoms with E-state index in [4.69, 9.17) is 0 Å². The summed E-state index contributed by atoms with van der Waals surface area (Å²) in [6.45, 7) is 5.20. The molecule has 0 aliphatic carbocycles. The Morgan fingerprint density at radius 3 is 3.06 bits per heavy atom. The Hall–Kier alpha value is -1.29. The zero-order valence-electron chi connectivity index (χ0n) is 9.68. The average molecular weight is 235 g/mol. The van der Waals surface area contributed by atoms with Gasteiger partial charge in [0, 0.05) is 23.2 Å². The summed E-state index contributed by atoms with van der Waals surface area (Å²) in [7, 11) is 0. The van der Waals surface area contributed by atoms with Crippen molar-refractivity contribution in [3.05, 3.63) is 34.7 Å². The molecule has 0 fully saturated rings. The van der Waals surface area contributed by atoms with Gasteiger partial charge >= 0.3 is 0 Å². The van der Waals surface area contributed by atoms with E-state index in [-0.39, 0.29) is 0 Å². The summed E-state index contributed by atoms with van der Waals surface area (Å²) in [6.07, 6.45) is 3.14. The average Bonchev–Trinajstić information content (AvgIpc) is 2.96. The smallest absolute Gasteiger partial charge is 0.148 e. The fraction of sp³-hybridized carbons (Fsp3) is 0.417. The molecule has 2 aromatic heterocycles. The molecular weight excluding hydrogens is 218 g/mol. The van der Waals surface area contributed by atoms with Gasteiger partial charge in [0.05, 0.1) is 6.54 Å². The van der Waals surface area contributed by atoms with Gasteiger partial charge in [0.25, 0.3) is 0 Å². The quantitative estimate of drug-likeness (QED) is 0.859. The highest BCUT2D eigenvalue weighted by molar-refractivity contribution is 7.09. The normalized spacial score (nSPS) is 12.6. The van der Waals surface area contributed by atoms with Gasteiger partial charge in [-0.05, 0) is 24.8 Å². The van der Waals surface area contributed by atoms with Crippen LogP contribution >= 0.6 is 11.3 Å². The van der Waals surface area contributed by atoms with Crippen LogP contribution in [0, 0.1) is 0 Å². The molecule has 0 saturated heterocycles. The van der Waals surface area contributed by atoms with Crippen molar-refractivity contribution in [2.24, 2.45) is 0 Å². The second kappa shape index (κ2) is 5.16. The molecule has 2 aromatic rings. The number of hydrogen-bond donors (Lipinski definition) is 1. The van der Waals surface area contributed by atoms with E-state index in [1.807, 2.05) is 16.9 Å². The largest absolute Gasteiger partial charge is 0.364 e. The molecule has 0 spiro atoms. The van der Waals surface area contributed by atoms with Gasteiger partial charge in [0.2, 0.25) is 0 Å². The highest BCUT2D eigenvalue weighted by Gasteiger charge is 2.04. The van der Waals surface area contributed by atoms with Gasteiger partial charge < -0.3 is 5.32 Å². The Kier molecular flexibility index (Phi) is 3.62. The van der Waals surface area contributed by atoms with E-state index in [2.05, 4.69) is 41.8 Å². The molecule has 1 atom stereocenters. The summed E-state index contributed by atoms with van der Waals surface area (Å²) in [5, 5.41) is 9.91. The van der Waals surface area contributed by atoms with E-state index in [1.54, 1.807) is 11.3 Å². The second-order valence-electron chi connectivity index (χ2n) is 3.87. The van der Waals surface area contributed by atoms with E-state index >= 15 is 0 Å². The third-order valence-corrected chi connectivity index (χ3v) is 3.55. The molecule has 0 aliphatic heterocycles. The lowest BCUT2D eigenvalue weighted by Crippen LogP contribution is -2.05. The van der Waals surface area contributed by atoms with Crippen LogP contribution in [0.3, 0.4) is 0 Å². The number of aromatic nitrogens is 2. The lowest BCUT2D eigenvalue weighted by Gasteiger charge is -2.08. The molecule has 0 bridgehead atoms. The molecule has 0 aliphatic rings. The van der Waals surface area contributed by atoms with Gasteiger partial charge in [-0.1, -0.05) is 13.0 Å². The van der Waals surface area contributed by atoms with Crippen LogP contribution < -0.4 is 5.32 Å². The monoisotopic (exact) mass is 235 g/mol. The lowest BCUT2D eigenvalue weighted by molar-refractivity contribution is 0.479. The van der Waals surface area contributed by atoms with Crippen LogP contribution in [0.4, 0.5) is 5.82 Å². The zero-order chi connectivity index (χ0) is 11.4. The second-order valence-corrected chi connectivity index (χ2v) is 4.90. The summed E-state index contributed by atoms with van der Waals surface area (Å²) in [6, 6.07) is 6.69. The molecular formula is C12H17N3S. The number of rotatable bonds is 5. The molecule has 2 rings (SSSR count). The number of nitrogens with one attached hydrogen (secondary N) is 1. The zero-order valence-corrected chi connectivity index (χ0v) is 10.5. The maximum absolute atomic E-state index is 4.49. The Morgan fingerprint density at radius 1 is 1.50 bits per heavy atom. The Balaban J connectivity index is 1.93. The van der Waals surface area contributed by atoms with Crippen molar-refractivity contribution in [3.8, 4) is 0 Å². The molecule has 0 aromatic carbocycles. The molecule has 4 heteroatoms. The number of nitrogens with zero attached hydrogens (tertiary/aromatic N) is 2. The summed E-state index contributed by atoms with van der Waals surface area (Å²) in [5.74, 6) is 0.953. The Morgan fingerprint density at radius 2 is 2.38 bits per heavy atom. The van der Waals surface area contributed by atoms with Crippen LogP contribution in [0.1, 0.15) is 31.2 Å². The Bertz CT molecular complexity index is 419. The van der Waals surface area contributed by atoms with Crippen molar-refractivity contribution in [2.75, 3.05) is 5.32 Å². The fourth-order valence-electron chi connectivity index (χ4n) is 1.46. The van der Waals surface area contributed by atoms with Crippen LogP contribution in [0.15, 0.2) is 29.8 Å². The third-order valence-electron chi connectivity index (χ3n) is 2.67. The number of thiophene rings is 1. The van der Waals surface area contributed by atoms with Crippen molar-refractivity contribution in [3.63, 3.8) is 0 Å². The predicted octanol–water partition coefficient (Wildman–Crippen LogP) is 3.53. The lowest BCUT2D eigenvalue weighted by atomic mass is 10.3. The highest BCUT2D eigenvalue weighted by atomic mass is 32.1. The molecule has 0 saturated carbocycles. The van der Waals surface area contributed by atoms with Gasteiger partial charge in [-0.25, -0.2) is 0 Å². The summed E-state index contributed by atoms with van der Waals surface area (Å²) >= 11 is 1.76. The van der Waals surface area contributed by atoms with E-state index in [0.717, 1.165) is 18.8 Å². The molecule has 16 heavy (non-hydrogen) atoms. The van der Waals surface area contributed by atoms with Gasteiger partial charge in [0.15, 0.2) is 0 Å². The predicted molar refractivity (Wildman–Crippen MR) is 68.9 cm³/mol. The van der Waals surface area contributed by atoms with Crippen molar-refractivity contribution < 1.29 is 0 Å². The van der Waals surface area contributed by atoms with Crippen molar-refractivity contribution in [1.29, 1.82) is 0 Å². The molecule has 1 N–H and O–H groups in total. The van der Waals surface area contributed by atoms with Crippen molar-refractivity contribution >= 4 is 17.2 Å². The van der Waals surface area contributed by atoms with Gasteiger partial charge in [0.1, 0.15) is 5.82 Å². The van der Waals surface area contributed by atoms with Gasteiger partial charge in [-0.2, -0.15) is 5.10 Å². The first-order valence-corrected chi connectivity index (χ1v) is 6.49. The van der Waals surface area contributed by atoms with E-state index in [1.165, 1.54) is 4.88 Å². The standard InChI is InChI=1S/C12H17N3S/c1-3-10(2)15-7-6-12(14-15)13-9-11-5-4-8-16-11/h4-8,10H,3,9H2,1-2H3,(H,13,14)/t10-/m1/s1. The van der Waals surface area contributed by atoms with E-state index in [9.17, 15) is 0 Å². The van der Waals surface area contributed by atoms with Crippen molar-refractivity contribution in [1.82, 2.24) is 9.78 Å². The Labute approximate surface area is 100 Å². The van der Waals surface area contributed by atoms with Crippen LogP contribution in [-0.4, -0.2) is 9.78 Å².